The van der Waals surface area contributed by atoms with Gasteiger partial charge in [0.25, 0.3) is 0 Å². The molecule has 0 saturated heterocycles. The Balaban J connectivity index is 1.93. The van der Waals surface area contributed by atoms with E-state index in [4.69, 9.17) is 0 Å². The number of aromatic nitrogens is 1. The number of hydrogen-bond donors (Lipinski definition) is 1. The van der Waals surface area contributed by atoms with Crippen molar-refractivity contribution >= 4 is 38.0 Å². The molecule has 1 aliphatic rings. The van der Waals surface area contributed by atoms with E-state index in [2.05, 4.69) is 4.98 Å². The Morgan fingerprint density at radius 2 is 1.70 bits per heavy atom. The third-order valence-electron chi connectivity index (χ3n) is 4.63. The van der Waals surface area contributed by atoms with E-state index in [0.717, 1.165) is 18.4 Å². The molecule has 5 nitrogen and oxygen atoms in total. The van der Waals surface area contributed by atoms with Crippen molar-refractivity contribution in [2.24, 2.45) is 0 Å². The highest BCUT2D eigenvalue weighted by Crippen LogP contribution is 2.43. The van der Waals surface area contributed by atoms with Crippen LogP contribution < -0.4 is 9.21 Å². The number of nitrogens with one attached hydrogen (secondary N) is 1. The molecule has 0 fully saturated rings. The van der Waals surface area contributed by atoms with Crippen molar-refractivity contribution in [3.8, 4) is 0 Å². The number of H-pyrrole nitrogens is 1. The van der Waals surface area contributed by atoms with E-state index >= 15 is 0 Å². The van der Waals surface area contributed by atoms with Crippen LogP contribution in [0.5, 0.6) is 0 Å². The summed E-state index contributed by atoms with van der Waals surface area (Å²) in [5, 5.41) is 0.644. The van der Waals surface area contributed by atoms with Gasteiger partial charge in [0.1, 0.15) is 0 Å². The van der Waals surface area contributed by atoms with Crippen LogP contribution in [0.15, 0.2) is 48.7 Å². The molecule has 0 amide bonds. The Bertz CT molecular complexity index is 1120. The van der Waals surface area contributed by atoms with Gasteiger partial charge in [0.2, 0.25) is 10.0 Å². The van der Waals surface area contributed by atoms with Gasteiger partial charge in [0.05, 0.1) is 35.4 Å². The molecule has 142 valence electrons. The van der Waals surface area contributed by atoms with Crippen LogP contribution in [0.1, 0.15) is 5.56 Å². The zero-order chi connectivity index (χ0) is 19.4. The molecule has 2 aromatic carbocycles. The fraction of sp³-hybridized carbons (Fsp3) is 0.222. The van der Waals surface area contributed by atoms with Crippen molar-refractivity contribution in [1.29, 1.82) is 0 Å². The van der Waals surface area contributed by atoms with Crippen LogP contribution in [0.3, 0.4) is 0 Å². The highest BCUT2D eigenvalue weighted by Gasteiger charge is 2.34. The minimum atomic E-state index is -4.48. The lowest BCUT2D eigenvalue weighted by atomic mass is 10.1. The molecule has 4 rings (SSSR count). The van der Waals surface area contributed by atoms with Gasteiger partial charge >= 0.3 is 6.18 Å². The topological polar surface area (TPSA) is 56.4 Å². The summed E-state index contributed by atoms with van der Waals surface area (Å²) >= 11 is 0. The molecule has 9 heteroatoms. The van der Waals surface area contributed by atoms with E-state index < -0.39 is 21.8 Å². The first-order valence-corrected chi connectivity index (χ1v) is 10.0. The number of alkyl halides is 3. The second-order valence-corrected chi connectivity index (χ2v) is 8.31. The van der Waals surface area contributed by atoms with Crippen molar-refractivity contribution in [1.82, 2.24) is 4.98 Å². The summed E-state index contributed by atoms with van der Waals surface area (Å²) < 4.78 is 65.6. The highest BCUT2D eigenvalue weighted by atomic mass is 32.2. The summed E-state index contributed by atoms with van der Waals surface area (Å²) in [6.07, 6.45) is -1.77. The van der Waals surface area contributed by atoms with Gasteiger partial charge in [0.15, 0.2) is 0 Å². The lowest BCUT2D eigenvalue weighted by molar-refractivity contribution is -0.137. The number of halogens is 3. The summed E-state index contributed by atoms with van der Waals surface area (Å²) in [5.41, 5.74) is 1.02. The third-order valence-corrected chi connectivity index (χ3v) is 5.81. The van der Waals surface area contributed by atoms with E-state index in [1.807, 2.05) is 0 Å². The Hall–Kier alpha value is -2.68. The number of fused-ring (bicyclic) bond motifs is 2. The van der Waals surface area contributed by atoms with Crippen molar-refractivity contribution < 1.29 is 21.6 Å². The number of aromatic amines is 1. The van der Waals surface area contributed by atoms with Gasteiger partial charge in [-0.15, -0.1) is 0 Å². The van der Waals surface area contributed by atoms with E-state index in [-0.39, 0.29) is 13.1 Å². The van der Waals surface area contributed by atoms with Crippen LogP contribution in [-0.2, 0) is 16.2 Å². The molecule has 0 spiro atoms. The monoisotopic (exact) mass is 395 g/mol. The lowest BCUT2D eigenvalue weighted by Crippen LogP contribution is -2.41. The predicted octanol–water partition coefficient (Wildman–Crippen LogP) is 4.10. The minimum Gasteiger partial charge on any atom is -0.361 e. The van der Waals surface area contributed by atoms with E-state index in [1.54, 1.807) is 41.4 Å². The normalized spacial score (nSPS) is 15.3. The first-order chi connectivity index (χ1) is 12.7. The second-order valence-electron chi connectivity index (χ2n) is 6.41. The number of sulfonamides is 1. The average molecular weight is 395 g/mol. The number of hydrogen-bond acceptors (Lipinski definition) is 3. The summed E-state index contributed by atoms with van der Waals surface area (Å²) in [4.78, 5) is 4.57. The summed E-state index contributed by atoms with van der Waals surface area (Å²) in [7, 11) is -3.49. The number of benzene rings is 2. The maximum absolute atomic E-state index is 13.4. The van der Waals surface area contributed by atoms with Gasteiger partial charge in [-0.25, -0.2) is 8.42 Å². The van der Waals surface area contributed by atoms with Crippen molar-refractivity contribution in [2.45, 2.75) is 6.18 Å². The quantitative estimate of drug-likeness (QED) is 0.711. The molecular formula is C18H16F3N3O2S. The SMILES string of the molecule is CS(=O)(=O)N1CCN(c2cc(C(F)(F)F)cc3[nH]ccc23)c2ccccc21. The van der Waals surface area contributed by atoms with Gasteiger partial charge in [-0.05, 0) is 30.3 Å². The zero-order valence-electron chi connectivity index (χ0n) is 14.3. The van der Waals surface area contributed by atoms with Crippen LogP contribution in [0.2, 0.25) is 0 Å². The molecule has 0 aliphatic carbocycles. The molecule has 0 saturated carbocycles. The summed E-state index contributed by atoms with van der Waals surface area (Å²) in [6.45, 7) is 0.393. The maximum Gasteiger partial charge on any atom is 0.416 e. The zero-order valence-corrected chi connectivity index (χ0v) is 15.1. The molecule has 27 heavy (non-hydrogen) atoms. The molecule has 1 aliphatic heterocycles. The number of rotatable bonds is 2. The largest absolute Gasteiger partial charge is 0.416 e. The van der Waals surface area contributed by atoms with E-state index in [9.17, 15) is 21.6 Å². The van der Waals surface area contributed by atoms with Crippen LogP contribution in [0, 0.1) is 0 Å². The van der Waals surface area contributed by atoms with Crippen LogP contribution in [-0.4, -0.2) is 32.7 Å². The predicted molar refractivity (Wildman–Crippen MR) is 98.9 cm³/mol. The third kappa shape index (κ3) is 3.01. The number of para-hydroxylation sites is 2. The molecular weight excluding hydrogens is 379 g/mol. The maximum atomic E-state index is 13.4. The smallest absolute Gasteiger partial charge is 0.361 e. The molecule has 0 radical (unpaired) electrons. The standard InChI is InChI=1S/C18H16F3N3O2S/c1-27(25,26)24-9-8-23(15-4-2-3-5-16(15)24)17-11-12(18(19,20)21)10-14-13(17)6-7-22-14/h2-7,10-11,22H,8-9H2,1H3. The molecule has 2 heterocycles. The molecule has 0 bridgehead atoms. The number of anilines is 3. The van der Waals surface area contributed by atoms with Crippen molar-refractivity contribution in [3.05, 3.63) is 54.2 Å². The van der Waals surface area contributed by atoms with Crippen molar-refractivity contribution in [3.63, 3.8) is 0 Å². The van der Waals surface area contributed by atoms with E-state index in [1.165, 1.54) is 4.31 Å². The van der Waals surface area contributed by atoms with Gasteiger partial charge < -0.3 is 9.88 Å². The Morgan fingerprint density at radius 3 is 2.37 bits per heavy atom. The Labute approximate surface area is 154 Å². The minimum absolute atomic E-state index is 0.151. The first kappa shape index (κ1) is 17.7. The Morgan fingerprint density at radius 1 is 1.00 bits per heavy atom. The molecule has 1 aromatic heterocycles. The summed E-state index contributed by atoms with van der Waals surface area (Å²) in [5.74, 6) is 0. The van der Waals surface area contributed by atoms with Gasteiger partial charge in [-0.1, -0.05) is 12.1 Å². The van der Waals surface area contributed by atoms with Crippen LogP contribution in [0.4, 0.5) is 30.2 Å². The summed E-state index contributed by atoms with van der Waals surface area (Å²) in [6, 6.07) is 10.7. The first-order valence-electron chi connectivity index (χ1n) is 8.19. The second kappa shape index (κ2) is 5.91. The lowest BCUT2D eigenvalue weighted by Gasteiger charge is -2.38. The average Bonchev–Trinajstić information content (AvgIpc) is 3.07. The van der Waals surface area contributed by atoms with Crippen LogP contribution in [0.25, 0.3) is 10.9 Å². The van der Waals surface area contributed by atoms with Crippen molar-refractivity contribution in [2.75, 3.05) is 28.6 Å². The highest BCUT2D eigenvalue weighted by molar-refractivity contribution is 7.92. The fourth-order valence-corrected chi connectivity index (χ4v) is 4.39. The Kier molecular flexibility index (Phi) is 3.88. The van der Waals surface area contributed by atoms with Gasteiger partial charge in [-0.2, -0.15) is 13.2 Å². The molecule has 3 aromatic rings. The fourth-order valence-electron chi connectivity index (χ4n) is 3.46. The number of nitrogens with zero attached hydrogens (tertiary/aromatic N) is 2. The molecule has 0 unspecified atom stereocenters. The molecule has 1 N–H and O–H groups in total. The van der Waals surface area contributed by atoms with Gasteiger partial charge in [-0.3, -0.25) is 4.31 Å². The van der Waals surface area contributed by atoms with Gasteiger partial charge in [0, 0.05) is 23.6 Å². The van der Waals surface area contributed by atoms with Crippen LogP contribution >= 0.6 is 0 Å². The molecule has 0 atom stereocenters. The van der Waals surface area contributed by atoms with E-state index in [0.29, 0.717) is 28.0 Å².